The Hall–Kier alpha value is -2.32. The zero-order valence-electron chi connectivity index (χ0n) is 14.0. The maximum Gasteiger partial charge on any atom is 0.0803 e. The Bertz CT molecular complexity index is 1160. The van der Waals surface area contributed by atoms with Gasteiger partial charge in [-0.2, -0.15) is 0 Å². The summed E-state index contributed by atoms with van der Waals surface area (Å²) in [7, 11) is 0. The van der Waals surface area contributed by atoms with Crippen molar-refractivity contribution in [2.75, 3.05) is 0 Å². The molecule has 0 spiro atoms. The number of aryl methyl sites for hydroxylation is 2. The lowest BCUT2D eigenvalue weighted by molar-refractivity contribution is 1.28. The van der Waals surface area contributed by atoms with E-state index in [0.29, 0.717) is 0 Å². The third-order valence-corrected chi connectivity index (χ3v) is 6.45. The fourth-order valence-corrected chi connectivity index (χ4v) is 4.95. The van der Waals surface area contributed by atoms with Crippen LogP contribution in [0.2, 0.25) is 0 Å². The van der Waals surface area contributed by atoms with Crippen molar-refractivity contribution in [3.63, 3.8) is 0 Å². The number of hydrogen-bond donors (Lipinski definition) is 0. The van der Waals surface area contributed by atoms with Crippen molar-refractivity contribution in [2.45, 2.75) is 30.6 Å². The lowest BCUT2D eigenvalue weighted by Crippen LogP contribution is -1.97. The van der Waals surface area contributed by atoms with E-state index in [4.69, 9.17) is 4.98 Å². The van der Waals surface area contributed by atoms with Crippen LogP contribution < -0.4 is 0 Å². The zero-order valence-corrected chi connectivity index (χ0v) is 14.8. The van der Waals surface area contributed by atoms with Gasteiger partial charge in [0.25, 0.3) is 0 Å². The van der Waals surface area contributed by atoms with E-state index in [0.717, 1.165) is 5.69 Å². The molecule has 0 radical (unpaired) electrons. The van der Waals surface area contributed by atoms with E-state index < -0.39 is 0 Å². The van der Waals surface area contributed by atoms with Crippen LogP contribution in [0.5, 0.6) is 0 Å². The molecule has 1 aromatic heterocycles. The van der Waals surface area contributed by atoms with Gasteiger partial charge in [0.05, 0.1) is 5.69 Å². The summed E-state index contributed by atoms with van der Waals surface area (Å²) in [6.45, 7) is 6.67. The number of nitrogens with zero attached hydrogens (tertiary/aromatic N) is 1. The lowest BCUT2D eigenvalue weighted by Gasteiger charge is -2.21. The molecule has 2 heteroatoms. The summed E-state index contributed by atoms with van der Waals surface area (Å²) in [6, 6.07) is 15.5. The molecule has 116 valence electrons. The van der Waals surface area contributed by atoms with E-state index in [1.165, 1.54) is 53.6 Å². The van der Waals surface area contributed by atoms with Crippen molar-refractivity contribution in [1.82, 2.24) is 4.98 Å². The monoisotopic (exact) mass is 327 g/mol. The molecule has 0 saturated carbocycles. The molecule has 0 fully saturated rings. The number of aromatic nitrogens is 1. The quantitative estimate of drug-likeness (QED) is 0.303. The summed E-state index contributed by atoms with van der Waals surface area (Å²) < 4.78 is 0. The summed E-state index contributed by atoms with van der Waals surface area (Å²) in [6.07, 6.45) is 1.96. The third-order valence-electron chi connectivity index (χ3n) is 5.33. The van der Waals surface area contributed by atoms with Gasteiger partial charge in [-0.25, -0.2) is 0 Å². The first-order valence-electron chi connectivity index (χ1n) is 8.24. The second-order valence-electron chi connectivity index (χ2n) is 6.59. The molecule has 3 aromatic carbocycles. The van der Waals surface area contributed by atoms with Gasteiger partial charge in [-0.05, 0) is 71.8 Å². The van der Waals surface area contributed by atoms with Crippen LogP contribution >= 0.6 is 11.8 Å². The highest BCUT2D eigenvalue weighted by molar-refractivity contribution is 7.99. The summed E-state index contributed by atoms with van der Waals surface area (Å²) in [4.78, 5) is 7.36. The number of rotatable bonds is 0. The van der Waals surface area contributed by atoms with Crippen molar-refractivity contribution >= 4 is 33.3 Å². The van der Waals surface area contributed by atoms with Gasteiger partial charge in [0, 0.05) is 26.9 Å². The zero-order chi connectivity index (χ0) is 16.4. The highest BCUT2D eigenvalue weighted by Crippen LogP contribution is 2.49. The molecule has 0 aliphatic carbocycles. The molecular formula is C22H17NS. The lowest BCUT2D eigenvalue weighted by atomic mass is 9.92. The second kappa shape index (κ2) is 4.84. The molecule has 0 unspecified atom stereocenters. The van der Waals surface area contributed by atoms with E-state index in [9.17, 15) is 0 Å². The summed E-state index contributed by atoms with van der Waals surface area (Å²) >= 11 is 1.87. The highest BCUT2D eigenvalue weighted by Gasteiger charge is 2.22. The van der Waals surface area contributed by atoms with E-state index in [2.05, 4.69) is 63.2 Å². The Morgan fingerprint density at radius 1 is 0.792 bits per heavy atom. The molecular weight excluding hydrogens is 310 g/mol. The summed E-state index contributed by atoms with van der Waals surface area (Å²) in [5.74, 6) is 0. The van der Waals surface area contributed by atoms with Crippen LogP contribution in [0, 0.1) is 20.8 Å². The fraction of sp³-hybridized carbons (Fsp3) is 0.136. The SMILES string of the molecule is Cc1cc2c(cc3c4c(nccc42)-c2ccccc2S3)c(C)c1C. The molecule has 0 N–H and O–H groups in total. The number of hydrogen-bond acceptors (Lipinski definition) is 2. The van der Waals surface area contributed by atoms with Crippen molar-refractivity contribution in [3.8, 4) is 11.3 Å². The van der Waals surface area contributed by atoms with Crippen LogP contribution in [-0.4, -0.2) is 4.98 Å². The van der Waals surface area contributed by atoms with Crippen molar-refractivity contribution in [2.24, 2.45) is 0 Å². The van der Waals surface area contributed by atoms with Gasteiger partial charge in [0.1, 0.15) is 0 Å². The standard InChI is InChI=1S/C22H17NS/c1-12-10-18-15-8-9-23-22-16-6-4-5-7-19(16)24-20(21(15)22)11-17(18)14(3)13(12)2/h4-11H,1-3H3. The molecule has 1 nitrogen and oxygen atoms in total. The first-order chi connectivity index (χ1) is 11.6. The van der Waals surface area contributed by atoms with Gasteiger partial charge < -0.3 is 0 Å². The number of benzene rings is 3. The van der Waals surface area contributed by atoms with Crippen LogP contribution in [0.4, 0.5) is 0 Å². The number of fused-ring (bicyclic) bond motifs is 4. The minimum atomic E-state index is 1.12. The molecule has 5 rings (SSSR count). The number of pyridine rings is 1. The molecule has 2 heterocycles. The molecule has 0 amide bonds. The van der Waals surface area contributed by atoms with E-state index in [1.807, 2.05) is 18.0 Å². The molecule has 1 aliphatic rings. The first kappa shape index (κ1) is 14.1. The van der Waals surface area contributed by atoms with Gasteiger partial charge in [-0.1, -0.05) is 36.0 Å². The topological polar surface area (TPSA) is 12.9 Å². The molecule has 4 aromatic rings. The van der Waals surface area contributed by atoms with Gasteiger partial charge in [-0.15, -0.1) is 0 Å². The van der Waals surface area contributed by atoms with Crippen molar-refractivity contribution < 1.29 is 0 Å². The Morgan fingerprint density at radius 3 is 2.50 bits per heavy atom. The first-order valence-corrected chi connectivity index (χ1v) is 9.06. The van der Waals surface area contributed by atoms with Gasteiger partial charge in [0.2, 0.25) is 0 Å². The van der Waals surface area contributed by atoms with Crippen LogP contribution in [0.1, 0.15) is 16.7 Å². The Kier molecular flexibility index (Phi) is 2.84. The maximum atomic E-state index is 4.73. The van der Waals surface area contributed by atoms with Crippen LogP contribution in [0.15, 0.2) is 58.5 Å². The van der Waals surface area contributed by atoms with Crippen LogP contribution in [0.25, 0.3) is 32.8 Å². The molecule has 24 heavy (non-hydrogen) atoms. The smallest absolute Gasteiger partial charge is 0.0803 e. The van der Waals surface area contributed by atoms with Crippen molar-refractivity contribution in [3.05, 3.63) is 65.4 Å². The molecule has 0 bridgehead atoms. The minimum Gasteiger partial charge on any atom is -0.256 e. The van der Waals surface area contributed by atoms with Gasteiger partial charge >= 0.3 is 0 Å². The second-order valence-corrected chi connectivity index (χ2v) is 7.68. The van der Waals surface area contributed by atoms with Gasteiger partial charge in [0.15, 0.2) is 0 Å². The average Bonchev–Trinajstić information content (AvgIpc) is 2.61. The highest BCUT2D eigenvalue weighted by atomic mass is 32.2. The van der Waals surface area contributed by atoms with Crippen LogP contribution in [-0.2, 0) is 0 Å². The van der Waals surface area contributed by atoms with E-state index >= 15 is 0 Å². The maximum absolute atomic E-state index is 4.73. The third kappa shape index (κ3) is 1.75. The predicted octanol–water partition coefficient (Wildman–Crippen LogP) is 6.44. The Morgan fingerprint density at radius 2 is 1.62 bits per heavy atom. The predicted molar refractivity (Wildman–Crippen MR) is 103 cm³/mol. The Balaban J connectivity index is 2.03. The minimum absolute atomic E-state index is 1.12. The van der Waals surface area contributed by atoms with E-state index in [-0.39, 0.29) is 0 Å². The van der Waals surface area contributed by atoms with Crippen molar-refractivity contribution in [1.29, 1.82) is 0 Å². The average molecular weight is 327 g/mol. The van der Waals surface area contributed by atoms with Crippen LogP contribution in [0.3, 0.4) is 0 Å². The molecule has 1 aliphatic heterocycles. The largest absolute Gasteiger partial charge is 0.256 e. The summed E-state index contributed by atoms with van der Waals surface area (Å²) in [5, 5.41) is 5.33. The molecule has 0 saturated heterocycles. The molecule has 0 atom stereocenters. The van der Waals surface area contributed by atoms with E-state index in [1.54, 1.807) is 0 Å². The summed E-state index contributed by atoms with van der Waals surface area (Å²) in [5.41, 5.74) is 6.51. The normalized spacial score (nSPS) is 12.6. The van der Waals surface area contributed by atoms with Gasteiger partial charge in [-0.3, -0.25) is 4.98 Å². The fourth-order valence-electron chi connectivity index (χ4n) is 3.80. The Labute approximate surface area is 145 Å².